The van der Waals surface area contributed by atoms with Crippen molar-refractivity contribution in [1.29, 1.82) is 0 Å². The second-order valence-electron chi connectivity index (χ2n) is 11.8. The van der Waals surface area contributed by atoms with E-state index in [2.05, 4.69) is 20.3 Å². The summed E-state index contributed by atoms with van der Waals surface area (Å²) in [6.45, 7) is 4.61. The molecule has 0 N–H and O–H groups in total. The van der Waals surface area contributed by atoms with Gasteiger partial charge in [0.05, 0.1) is 0 Å². The van der Waals surface area contributed by atoms with Gasteiger partial charge < -0.3 is 0 Å². The Kier molecular flexibility index (Phi) is 34.0. The summed E-state index contributed by atoms with van der Waals surface area (Å²) in [7, 11) is 0. The molecule has 0 saturated carbocycles. The fourth-order valence-corrected chi connectivity index (χ4v) is 5.46. The fraction of sp³-hybridized carbons (Fsp3) is 0.971. The predicted molar refractivity (Wildman–Crippen MR) is 163 cm³/mol. The number of unbranched alkanes of at least 4 members (excludes halogenated alkanes) is 32. The van der Waals surface area contributed by atoms with E-state index in [4.69, 9.17) is 0 Å². The molecule has 0 unspecified atom stereocenters. The van der Waals surface area contributed by atoms with Crippen LogP contribution in [0.5, 0.6) is 0 Å². The topological polar surface area (TPSA) is 0 Å². The second-order valence-corrected chi connectivity index (χ2v) is 11.8. The van der Waals surface area contributed by atoms with Gasteiger partial charge in [0.25, 0.3) is 0 Å². The molecule has 211 valence electrons. The SMILES string of the molecule is CCCCCCCCCCCCC[CH]CCCCCCCCCCCCCCCCCCCCC. The van der Waals surface area contributed by atoms with E-state index in [-0.39, 0.29) is 0 Å². The average molecular weight is 492 g/mol. The van der Waals surface area contributed by atoms with Gasteiger partial charge in [-0.15, -0.1) is 0 Å². The normalized spacial score (nSPS) is 11.5. The van der Waals surface area contributed by atoms with E-state index >= 15 is 0 Å². The molecule has 0 amide bonds. The second kappa shape index (κ2) is 34.0. The van der Waals surface area contributed by atoms with Gasteiger partial charge in [0, 0.05) is 0 Å². The van der Waals surface area contributed by atoms with E-state index in [0.29, 0.717) is 0 Å². The van der Waals surface area contributed by atoms with Gasteiger partial charge in [0.1, 0.15) is 0 Å². The van der Waals surface area contributed by atoms with Gasteiger partial charge in [-0.25, -0.2) is 0 Å². The molecule has 0 rings (SSSR count). The molecule has 0 aromatic heterocycles. The van der Waals surface area contributed by atoms with E-state index in [1.54, 1.807) is 0 Å². The number of hydrogen-bond donors (Lipinski definition) is 0. The third-order valence-corrected chi connectivity index (χ3v) is 8.02. The smallest absolute Gasteiger partial charge is 0.0386 e. The summed E-state index contributed by atoms with van der Waals surface area (Å²) in [5.74, 6) is 0. The molecule has 0 heterocycles. The minimum absolute atomic E-state index is 1.37. The Bertz CT molecular complexity index is 301. The minimum Gasteiger partial charge on any atom is -0.0654 e. The minimum atomic E-state index is 1.37. The predicted octanol–water partition coefficient (Wildman–Crippen LogP) is 13.7. The van der Waals surface area contributed by atoms with Gasteiger partial charge in [-0.2, -0.15) is 0 Å². The molecule has 0 aliphatic heterocycles. The lowest BCUT2D eigenvalue weighted by molar-refractivity contribution is 0.522. The quantitative estimate of drug-likeness (QED) is 0.0820. The molecule has 0 saturated heterocycles. The first-order chi connectivity index (χ1) is 17.4. The largest absolute Gasteiger partial charge is 0.0654 e. The maximum absolute atomic E-state index is 2.58. The highest BCUT2D eigenvalue weighted by Gasteiger charge is 1.97. The molecule has 0 aromatic carbocycles. The Balaban J connectivity index is 3.00. The number of hydrogen-bond acceptors (Lipinski definition) is 0. The molecule has 0 aromatic rings. The Morgan fingerprint density at radius 3 is 0.600 bits per heavy atom. The van der Waals surface area contributed by atoms with E-state index in [1.165, 1.54) is 205 Å². The van der Waals surface area contributed by atoms with Gasteiger partial charge in [0.2, 0.25) is 0 Å². The monoisotopic (exact) mass is 492 g/mol. The maximum Gasteiger partial charge on any atom is -0.0386 e. The van der Waals surface area contributed by atoms with Crippen LogP contribution in [-0.2, 0) is 0 Å². The third kappa shape index (κ3) is 34.0. The van der Waals surface area contributed by atoms with Crippen molar-refractivity contribution in [1.82, 2.24) is 0 Å². The first-order valence-corrected chi connectivity index (χ1v) is 17.2. The van der Waals surface area contributed by atoms with Crippen LogP contribution in [0.3, 0.4) is 0 Å². The molecule has 0 fully saturated rings. The molecule has 35 heavy (non-hydrogen) atoms. The van der Waals surface area contributed by atoms with Crippen molar-refractivity contribution in [3.8, 4) is 0 Å². The summed E-state index contributed by atoms with van der Waals surface area (Å²) in [6, 6.07) is 0. The Morgan fingerprint density at radius 1 is 0.229 bits per heavy atom. The molecule has 1 radical (unpaired) electrons. The zero-order chi connectivity index (χ0) is 25.3. The lowest BCUT2D eigenvalue weighted by Gasteiger charge is -2.04. The summed E-state index contributed by atoms with van der Waals surface area (Å²) in [6.07, 6.45) is 49.4. The molecular formula is C35H71. The Labute approximate surface area is 225 Å². The van der Waals surface area contributed by atoms with Gasteiger partial charge in [-0.1, -0.05) is 219 Å². The summed E-state index contributed by atoms with van der Waals surface area (Å²) < 4.78 is 0. The standard InChI is InChI=1S/C35H71/c1-3-5-7-9-11-13-15-17-19-21-23-25-27-29-31-33-35-34-32-30-28-26-24-22-20-18-16-14-12-10-8-6-4-2/h27H,3-26,28-35H2,1-2H3. The van der Waals surface area contributed by atoms with E-state index in [0.717, 1.165) is 0 Å². The average Bonchev–Trinajstić information content (AvgIpc) is 2.87. The van der Waals surface area contributed by atoms with Gasteiger partial charge in [-0.3, -0.25) is 0 Å². The lowest BCUT2D eigenvalue weighted by Crippen LogP contribution is -1.85. The van der Waals surface area contributed by atoms with Crippen LogP contribution in [0.4, 0.5) is 0 Å². The maximum atomic E-state index is 2.58. The van der Waals surface area contributed by atoms with Crippen LogP contribution >= 0.6 is 0 Å². The summed E-state index contributed by atoms with van der Waals surface area (Å²) in [5, 5.41) is 0. The molecule has 0 aliphatic rings. The van der Waals surface area contributed by atoms with Crippen LogP contribution in [0, 0.1) is 6.42 Å². The van der Waals surface area contributed by atoms with Gasteiger partial charge >= 0.3 is 0 Å². The van der Waals surface area contributed by atoms with Crippen molar-refractivity contribution in [2.75, 3.05) is 0 Å². The summed E-state index contributed by atoms with van der Waals surface area (Å²) >= 11 is 0. The molecule has 0 nitrogen and oxygen atoms in total. The highest BCUT2D eigenvalue weighted by molar-refractivity contribution is 4.64. The van der Waals surface area contributed by atoms with Crippen LogP contribution in [0.25, 0.3) is 0 Å². The van der Waals surface area contributed by atoms with Gasteiger partial charge in [0.15, 0.2) is 0 Å². The van der Waals surface area contributed by atoms with Crippen LogP contribution in [0.15, 0.2) is 0 Å². The van der Waals surface area contributed by atoms with E-state index in [1.807, 2.05) is 0 Å². The third-order valence-electron chi connectivity index (χ3n) is 8.02. The van der Waals surface area contributed by atoms with Crippen molar-refractivity contribution < 1.29 is 0 Å². The number of rotatable bonds is 32. The molecule has 0 bridgehead atoms. The van der Waals surface area contributed by atoms with Crippen molar-refractivity contribution >= 4 is 0 Å². The molecule has 0 spiro atoms. The van der Waals surface area contributed by atoms with Crippen LogP contribution in [-0.4, -0.2) is 0 Å². The van der Waals surface area contributed by atoms with E-state index < -0.39 is 0 Å². The first-order valence-electron chi connectivity index (χ1n) is 17.2. The zero-order valence-corrected chi connectivity index (χ0v) is 25.2. The summed E-state index contributed by atoms with van der Waals surface area (Å²) in [5.41, 5.74) is 0. The zero-order valence-electron chi connectivity index (χ0n) is 25.2. The van der Waals surface area contributed by atoms with Crippen LogP contribution < -0.4 is 0 Å². The van der Waals surface area contributed by atoms with Crippen LogP contribution in [0.2, 0.25) is 0 Å². The lowest BCUT2D eigenvalue weighted by atomic mass is 10.0. The van der Waals surface area contributed by atoms with Crippen molar-refractivity contribution in [3.63, 3.8) is 0 Å². The molecule has 0 heteroatoms. The van der Waals surface area contributed by atoms with Crippen molar-refractivity contribution in [2.45, 2.75) is 219 Å². The van der Waals surface area contributed by atoms with Crippen molar-refractivity contribution in [3.05, 3.63) is 6.42 Å². The molecular weight excluding hydrogens is 420 g/mol. The highest BCUT2D eigenvalue weighted by atomic mass is 14.0. The van der Waals surface area contributed by atoms with Crippen molar-refractivity contribution in [2.24, 2.45) is 0 Å². The van der Waals surface area contributed by atoms with Gasteiger partial charge in [-0.05, 0) is 6.42 Å². The van der Waals surface area contributed by atoms with Crippen LogP contribution in [0.1, 0.15) is 219 Å². The fourth-order valence-electron chi connectivity index (χ4n) is 5.46. The summed E-state index contributed by atoms with van der Waals surface area (Å²) in [4.78, 5) is 0. The molecule has 0 aliphatic carbocycles. The Hall–Kier alpha value is 0. The Morgan fingerprint density at radius 2 is 0.400 bits per heavy atom. The highest BCUT2D eigenvalue weighted by Crippen LogP contribution is 2.16. The first kappa shape index (κ1) is 35.0. The molecule has 0 atom stereocenters. The van der Waals surface area contributed by atoms with E-state index in [9.17, 15) is 0 Å².